The summed E-state index contributed by atoms with van der Waals surface area (Å²) in [4.78, 5) is 17.4. The number of H-pyrrole nitrogens is 1. The molecule has 5 nitrogen and oxygen atoms in total. The largest absolute Gasteiger partial charge is 0.326 e. The number of aromatic amines is 1. The average Bonchev–Trinajstić information content (AvgIpc) is 2.77. The van der Waals surface area contributed by atoms with E-state index >= 15 is 0 Å². The van der Waals surface area contributed by atoms with Gasteiger partial charge in [-0.15, -0.1) is 0 Å². The van der Waals surface area contributed by atoms with Gasteiger partial charge in [0.25, 0.3) is 0 Å². The second-order valence-electron chi connectivity index (χ2n) is 5.54. The highest BCUT2D eigenvalue weighted by Crippen LogP contribution is 2.10. The zero-order valence-electron chi connectivity index (χ0n) is 11.9. The molecule has 1 fully saturated rings. The number of fused-ring (bicyclic) bond motifs is 1. The molecule has 1 aromatic carbocycles. The summed E-state index contributed by atoms with van der Waals surface area (Å²) in [5, 5.41) is 3.40. The van der Waals surface area contributed by atoms with E-state index in [9.17, 15) is 4.79 Å². The van der Waals surface area contributed by atoms with E-state index in [1.165, 1.54) is 0 Å². The monoisotopic (exact) mass is 274 g/mol. The van der Waals surface area contributed by atoms with Crippen LogP contribution in [-0.2, 0) is 6.54 Å². The van der Waals surface area contributed by atoms with Crippen LogP contribution in [-0.4, -0.2) is 46.7 Å². The van der Waals surface area contributed by atoms with E-state index in [1.54, 1.807) is 0 Å². The lowest BCUT2D eigenvalue weighted by Gasteiger charge is -2.33. The molecule has 1 saturated heterocycles. The number of nitrogens with zero attached hydrogens (tertiary/aromatic N) is 2. The number of benzene rings is 1. The number of imidazole rings is 1. The van der Waals surface area contributed by atoms with Gasteiger partial charge >= 0.3 is 5.69 Å². The number of rotatable bonds is 4. The van der Waals surface area contributed by atoms with Crippen LogP contribution in [0.15, 0.2) is 29.1 Å². The highest BCUT2D eigenvalue weighted by Gasteiger charge is 2.17. The third kappa shape index (κ3) is 2.64. The molecule has 1 aliphatic heterocycles. The van der Waals surface area contributed by atoms with Crippen LogP contribution in [0.25, 0.3) is 11.0 Å². The van der Waals surface area contributed by atoms with Gasteiger partial charge in [-0.05, 0) is 25.5 Å². The molecule has 2 aromatic rings. The second-order valence-corrected chi connectivity index (χ2v) is 5.54. The number of aryl methyl sites for hydroxylation is 1. The number of hydrogen-bond donors (Lipinski definition) is 2. The highest BCUT2D eigenvalue weighted by atomic mass is 16.1. The standard InChI is InChI=1S/C15H22N4O/c1-12-11-16-7-10-18(12)8-4-9-19-14-6-3-2-5-13(14)17-15(19)20/h2-3,5-6,12,16H,4,7-11H2,1H3,(H,17,20)/t12-/m0/s1. The normalized spacial score (nSPS) is 20.6. The van der Waals surface area contributed by atoms with Crippen LogP contribution < -0.4 is 11.0 Å². The van der Waals surface area contributed by atoms with Gasteiger partial charge < -0.3 is 10.3 Å². The topological polar surface area (TPSA) is 53.1 Å². The van der Waals surface area contributed by atoms with Crippen molar-refractivity contribution in [2.24, 2.45) is 0 Å². The van der Waals surface area contributed by atoms with E-state index in [2.05, 4.69) is 22.1 Å². The van der Waals surface area contributed by atoms with E-state index in [1.807, 2.05) is 28.8 Å². The van der Waals surface area contributed by atoms with Gasteiger partial charge in [0.05, 0.1) is 11.0 Å². The predicted molar refractivity (Wildman–Crippen MR) is 81.1 cm³/mol. The number of para-hydroxylation sites is 2. The minimum absolute atomic E-state index is 0.000408. The molecule has 0 saturated carbocycles. The van der Waals surface area contributed by atoms with Crippen molar-refractivity contribution in [2.45, 2.75) is 25.9 Å². The molecule has 2 heterocycles. The van der Waals surface area contributed by atoms with Crippen molar-refractivity contribution < 1.29 is 0 Å². The summed E-state index contributed by atoms with van der Waals surface area (Å²) >= 11 is 0. The first-order valence-corrected chi connectivity index (χ1v) is 7.38. The van der Waals surface area contributed by atoms with Crippen molar-refractivity contribution in [3.8, 4) is 0 Å². The SMILES string of the molecule is C[C@H]1CNCCN1CCCn1c(=O)[nH]c2ccccc21. The van der Waals surface area contributed by atoms with Crippen molar-refractivity contribution in [1.29, 1.82) is 0 Å². The molecule has 1 aliphatic rings. The summed E-state index contributed by atoms with van der Waals surface area (Å²) in [6.07, 6.45) is 1.01. The first-order valence-electron chi connectivity index (χ1n) is 7.38. The number of aromatic nitrogens is 2. The molecule has 20 heavy (non-hydrogen) atoms. The Morgan fingerprint density at radius 3 is 3.00 bits per heavy atom. The summed E-state index contributed by atoms with van der Waals surface area (Å²) in [5.74, 6) is 0. The van der Waals surface area contributed by atoms with E-state index in [0.29, 0.717) is 6.04 Å². The lowest BCUT2D eigenvalue weighted by molar-refractivity contribution is 0.169. The summed E-state index contributed by atoms with van der Waals surface area (Å²) in [5.41, 5.74) is 1.93. The third-order valence-corrected chi connectivity index (χ3v) is 4.15. The molecule has 2 N–H and O–H groups in total. The first kappa shape index (κ1) is 13.4. The molecule has 0 spiro atoms. The highest BCUT2D eigenvalue weighted by molar-refractivity contribution is 5.74. The molecule has 0 aliphatic carbocycles. The van der Waals surface area contributed by atoms with Crippen LogP contribution in [0.5, 0.6) is 0 Å². The molecule has 0 amide bonds. The van der Waals surface area contributed by atoms with Gasteiger partial charge in [-0.2, -0.15) is 0 Å². The first-order chi connectivity index (χ1) is 9.75. The van der Waals surface area contributed by atoms with Crippen LogP contribution in [0.1, 0.15) is 13.3 Å². The molecule has 0 unspecified atom stereocenters. The lowest BCUT2D eigenvalue weighted by atomic mass is 10.2. The van der Waals surface area contributed by atoms with Gasteiger partial charge in [0.1, 0.15) is 0 Å². The van der Waals surface area contributed by atoms with E-state index in [-0.39, 0.29) is 5.69 Å². The predicted octanol–water partition coefficient (Wildman–Crippen LogP) is 1.01. The van der Waals surface area contributed by atoms with Crippen molar-refractivity contribution in [3.63, 3.8) is 0 Å². The fraction of sp³-hybridized carbons (Fsp3) is 0.533. The van der Waals surface area contributed by atoms with Crippen LogP contribution in [0.3, 0.4) is 0 Å². The molecule has 0 bridgehead atoms. The van der Waals surface area contributed by atoms with Crippen molar-refractivity contribution in [3.05, 3.63) is 34.7 Å². The minimum Gasteiger partial charge on any atom is -0.314 e. The van der Waals surface area contributed by atoms with Crippen LogP contribution >= 0.6 is 0 Å². The molecule has 1 aromatic heterocycles. The molecule has 5 heteroatoms. The van der Waals surface area contributed by atoms with Crippen LogP contribution in [0, 0.1) is 0 Å². The maximum atomic E-state index is 12.0. The maximum Gasteiger partial charge on any atom is 0.326 e. The molecule has 108 valence electrons. The molecular formula is C15H22N4O. The van der Waals surface area contributed by atoms with Crippen LogP contribution in [0.2, 0.25) is 0 Å². The molecule has 3 rings (SSSR count). The second kappa shape index (κ2) is 5.81. The zero-order chi connectivity index (χ0) is 13.9. The van der Waals surface area contributed by atoms with Gasteiger partial charge in [0.15, 0.2) is 0 Å². The number of hydrogen-bond acceptors (Lipinski definition) is 3. The average molecular weight is 274 g/mol. The Morgan fingerprint density at radius 2 is 2.15 bits per heavy atom. The zero-order valence-corrected chi connectivity index (χ0v) is 11.9. The number of piperazine rings is 1. The van der Waals surface area contributed by atoms with E-state index in [4.69, 9.17) is 0 Å². The quantitative estimate of drug-likeness (QED) is 0.875. The van der Waals surface area contributed by atoms with Crippen molar-refractivity contribution >= 4 is 11.0 Å². The smallest absolute Gasteiger partial charge is 0.314 e. The van der Waals surface area contributed by atoms with Gasteiger partial charge in [0, 0.05) is 38.8 Å². The van der Waals surface area contributed by atoms with Gasteiger partial charge in [-0.3, -0.25) is 9.47 Å². The van der Waals surface area contributed by atoms with Crippen molar-refractivity contribution in [1.82, 2.24) is 19.8 Å². The summed E-state index contributed by atoms with van der Waals surface area (Å²) in [6.45, 7) is 7.31. The Balaban J connectivity index is 1.65. The lowest BCUT2D eigenvalue weighted by Crippen LogP contribution is -2.50. The minimum atomic E-state index is -0.000408. The molecule has 0 radical (unpaired) electrons. The number of nitrogens with one attached hydrogen (secondary N) is 2. The third-order valence-electron chi connectivity index (χ3n) is 4.15. The fourth-order valence-electron chi connectivity index (χ4n) is 2.98. The fourth-order valence-corrected chi connectivity index (χ4v) is 2.98. The summed E-state index contributed by atoms with van der Waals surface area (Å²) in [7, 11) is 0. The Bertz CT molecular complexity index is 630. The molecular weight excluding hydrogens is 252 g/mol. The van der Waals surface area contributed by atoms with Crippen molar-refractivity contribution in [2.75, 3.05) is 26.2 Å². The summed E-state index contributed by atoms with van der Waals surface area (Å²) in [6, 6.07) is 8.46. The van der Waals surface area contributed by atoms with Gasteiger partial charge in [0.2, 0.25) is 0 Å². The molecule has 1 atom stereocenters. The Kier molecular flexibility index (Phi) is 3.89. The summed E-state index contributed by atoms with van der Waals surface area (Å²) < 4.78 is 1.85. The Labute approximate surface area is 118 Å². The Hall–Kier alpha value is -1.59. The van der Waals surface area contributed by atoms with E-state index in [0.717, 1.165) is 50.2 Å². The van der Waals surface area contributed by atoms with E-state index < -0.39 is 0 Å². The van der Waals surface area contributed by atoms with Gasteiger partial charge in [-0.1, -0.05) is 12.1 Å². The van der Waals surface area contributed by atoms with Gasteiger partial charge in [-0.25, -0.2) is 4.79 Å². The maximum absolute atomic E-state index is 12.0. The van der Waals surface area contributed by atoms with Crippen LogP contribution in [0.4, 0.5) is 0 Å². The Morgan fingerprint density at radius 1 is 1.30 bits per heavy atom.